The number of likely N-dealkylation sites (tertiary alicyclic amines) is 1. The van der Waals surface area contributed by atoms with Crippen molar-refractivity contribution in [3.05, 3.63) is 24.3 Å². The van der Waals surface area contributed by atoms with E-state index in [2.05, 4.69) is 21.8 Å². The van der Waals surface area contributed by atoms with Gasteiger partial charge in [0, 0.05) is 37.8 Å². The molecule has 1 aliphatic heterocycles. The fraction of sp³-hybridized carbons (Fsp3) is 0.583. The van der Waals surface area contributed by atoms with Crippen LogP contribution in [0.25, 0.3) is 0 Å². The molecule has 4 heteroatoms. The lowest BCUT2D eigenvalue weighted by atomic mass is 9.94. The van der Waals surface area contributed by atoms with E-state index in [1.54, 1.807) is 12.4 Å². The summed E-state index contributed by atoms with van der Waals surface area (Å²) in [6.45, 7) is 4.52. The number of hydrogen-bond donors (Lipinski definition) is 0. The number of rotatable bonds is 3. The molecule has 0 bridgehead atoms. The van der Waals surface area contributed by atoms with Crippen molar-refractivity contribution in [2.75, 3.05) is 13.1 Å². The van der Waals surface area contributed by atoms with Crippen LogP contribution in [0.4, 0.5) is 0 Å². The molecular formula is C12H17N3O. The van der Waals surface area contributed by atoms with Crippen LogP contribution in [0.3, 0.4) is 0 Å². The molecule has 0 aliphatic carbocycles. The molecule has 1 saturated heterocycles. The number of carbonyl (C=O) groups is 1. The van der Waals surface area contributed by atoms with Crippen molar-refractivity contribution in [3.63, 3.8) is 0 Å². The van der Waals surface area contributed by atoms with E-state index in [4.69, 9.17) is 0 Å². The minimum Gasteiger partial charge on any atom is -0.299 e. The van der Waals surface area contributed by atoms with Gasteiger partial charge in [0.1, 0.15) is 11.6 Å². The molecule has 0 amide bonds. The fourth-order valence-corrected chi connectivity index (χ4v) is 2.09. The summed E-state index contributed by atoms with van der Waals surface area (Å²) in [6.07, 6.45) is 5.12. The van der Waals surface area contributed by atoms with Crippen LogP contribution in [0, 0.1) is 5.92 Å². The third-order valence-electron chi connectivity index (χ3n) is 3.09. The Morgan fingerprint density at radius 1 is 1.44 bits per heavy atom. The third kappa shape index (κ3) is 2.64. The molecule has 1 aromatic rings. The Kier molecular flexibility index (Phi) is 3.62. The Bertz CT molecular complexity index is 353. The minimum absolute atomic E-state index is 0.206. The highest BCUT2D eigenvalue weighted by Crippen LogP contribution is 2.16. The molecule has 2 rings (SSSR count). The number of nitrogens with zero attached hydrogens (tertiary/aromatic N) is 3. The van der Waals surface area contributed by atoms with Gasteiger partial charge in [0.15, 0.2) is 0 Å². The van der Waals surface area contributed by atoms with Crippen molar-refractivity contribution in [2.45, 2.75) is 26.3 Å². The van der Waals surface area contributed by atoms with Crippen molar-refractivity contribution in [2.24, 2.45) is 5.92 Å². The smallest absolute Gasteiger partial charge is 0.142 e. The second kappa shape index (κ2) is 5.16. The molecule has 4 nitrogen and oxygen atoms in total. The van der Waals surface area contributed by atoms with E-state index < -0.39 is 0 Å². The maximum Gasteiger partial charge on any atom is 0.142 e. The maximum atomic E-state index is 11.6. The Morgan fingerprint density at radius 2 is 2.19 bits per heavy atom. The van der Waals surface area contributed by atoms with Crippen LogP contribution in [0.1, 0.15) is 25.6 Å². The first kappa shape index (κ1) is 11.2. The lowest BCUT2D eigenvalue weighted by Crippen LogP contribution is -2.40. The van der Waals surface area contributed by atoms with Gasteiger partial charge in [-0.15, -0.1) is 0 Å². The zero-order valence-electron chi connectivity index (χ0n) is 9.59. The number of ketones is 1. The number of Topliss-reactive ketones (excluding diaryl/α,β-unsaturated/α-hetero) is 1. The molecule has 0 aromatic carbocycles. The van der Waals surface area contributed by atoms with Gasteiger partial charge < -0.3 is 0 Å². The number of carbonyl (C=O) groups excluding carboxylic acids is 1. The summed E-state index contributed by atoms with van der Waals surface area (Å²) in [5.74, 6) is 1.46. The van der Waals surface area contributed by atoms with Crippen molar-refractivity contribution in [3.8, 4) is 0 Å². The number of aromatic nitrogens is 2. The normalized spacial score (nSPS) is 22.3. The van der Waals surface area contributed by atoms with Crippen molar-refractivity contribution in [1.82, 2.24) is 14.9 Å². The maximum absolute atomic E-state index is 11.6. The van der Waals surface area contributed by atoms with Crippen LogP contribution in [-0.4, -0.2) is 33.7 Å². The molecule has 0 spiro atoms. The summed E-state index contributed by atoms with van der Waals surface area (Å²) in [5, 5.41) is 0. The second-order valence-electron chi connectivity index (χ2n) is 4.22. The van der Waals surface area contributed by atoms with E-state index in [9.17, 15) is 4.79 Å². The Morgan fingerprint density at radius 3 is 2.88 bits per heavy atom. The van der Waals surface area contributed by atoms with E-state index in [0.29, 0.717) is 12.2 Å². The van der Waals surface area contributed by atoms with Crippen LogP contribution in [0.15, 0.2) is 18.5 Å². The minimum atomic E-state index is 0.206. The molecule has 86 valence electrons. The molecule has 1 aromatic heterocycles. The largest absolute Gasteiger partial charge is 0.299 e. The van der Waals surface area contributed by atoms with Crippen LogP contribution in [-0.2, 0) is 11.3 Å². The molecule has 0 radical (unpaired) electrons. The van der Waals surface area contributed by atoms with E-state index in [-0.39, 0.29) is 5.92 Å². The summed E-state index contributed by atoms with van der Waals surface area (Å²) in [5.41, 5.74) is 0. The molecule has 1 unspecified atom stereocenters. The predicted molar refractivity (Wildman–Crippen MR) is 60.7 cm³/mol. The summed E-state index contributed by atoms with van der Waals surface area (Å²) in [4.78, 5) is 22.2. The first-order chi connectivity index (χ1) is 7.79. The molecule has 1 aliphatic rings. The van der Waals surface area contributed by atoms with E-state index in [1.807, 2.05) is 6.07 Å². The molecule has 1 fully saturated rings. The van der Waals surface area contributed by atoms with Crippen LogP contribution < -0.4 is 0 Å². The van der Waals surface area contributed by atoms with Gasteiger partial charge in [0.05, 0.1) is 6.54 Å². The lowest BCUT2D eigenvalue weighted by Gasteiger charge is -2.30. The molecule has 0 N–H and O–H groups in total. The van der Waals surface area contributed by atoms with Crippen molar-refractivity contribution < 1.29 is 4.79 Å². The summed E-state index contributed by atoms with van der Waals surface area (Å²) in [6, 6.07) is 1.82. The van der Waals surface area contributed by atoms with Gasteiger partial charge in [0.25, 0.3) is 0 Å². The molecule has 0 saturated carbocycles. The average Bonchev–Trinajstić information content (AvgIpc) is 2.33. The average molecular weight is 219 g/mol. The van der Waals surface area contributed by atoms with Gasteiger partial charge in [0.2, 0.25) is 0 Å². The first-order valence-corrected chi connectivity index (χ1v) is 5.80. The fourth-order valence-electron chi connectivity index (χ4n) is 2.09. The Labute approximate surface area is 95.7 Å². The quantitative estimate of drug-likeness (QED) is 0.768. The van der Waals surface area contributed by atoms with E-state index in [0.717, 1.165) is 31.9 Å². The van der Waals surface area contributed by atoms with Crippen LogP contribution in [0.5, 0.6) is 0 Å². The van der Waals surface area contributed by atoms with Crippen LogP contribution in [0.2, 0.25) is 0 Å². The second-order valence-corrected chi connectivity index (χ2v) is 4.22. The summed E-state index contributed by atoms with van der Waals surface area (Å²) < 4.78 is 0. The summed E-state index contributed by atoms with van der Waals surface area (Å²) >= 11 is 0. The monoisotopic (exact) mass is 219 g/mol. The predicted octanol–water partition coefficient (Wildman–Crippen LogP) is 1.28. The van der Waals surface area contributed by atoms with Gasteiger partial charge in [-0.25, -0.2) is 9.97 Å². The van der Waals surface area contributed by atoms with Gasteiger partial charge in [-0.2, -0.15) is 0 Å². The topological polar surface area (TPSA) is 46.1 Å². The first-order valence-electron chi connectivity index (χ1n) is 5.80. The number of piperidine rings is 1. The Hall–Kier alpha value is -1.29. The molecule has 1 atom stereocenters. The highest BCUT2D eigenvalue weighted by atomic mass is 16.1. The van der Waals surface area contributed by atoms with Gasteiger partial charge in [-0.05, 0) is 12.5 Å². The highest BCUT2D eigenvalue weighted by Gasteiger charge is 2.25. The number of hydrogen-bond acceptors (Lipinski definition) is 4. The molecule has 2 heterocycles. The van der Waals surface area contributed by atoms with Gasteiger partial charge in [-0.3, -0.25) is 9.69 Å². The highest BCUT2D eigenvalue weighted by molar-refractivity contribution is 5.82. The van der Waals surface area contributed by atoms with E-state index in [1.165, 1.54) is 0 Å². The Balaban J connectivity index is 1.94. The van der Waals surface area contributed by atoms with Crippen molar-refractivity contribution in [1.29, 1.82) is 0 Å². The van der Waals surface area contributed by atoms with Gasteiger partial charge in [-0.1, -0.05) is 6.92 Å². The molecule has 16 heavy (non-hydrogen) atoms. The SMILES string of the molecule is CCC1CN(Cc2ncccn2)CCC1=O. The zero-order chi connectivity index (χ0) is 11.4. The third-order valence-corrected chi connectivity index (χ3v) is 3.09. The standard InChI is InChI=1S/C12H17N3O/c1-2-10-8-15(7-4-11(10)16)9-12-13-5-3-6-14-12/h3,5-6,10H,2,4,7-9H2,1H3. The van der Waals surface area contributed by atoms with Crippen molar-refractivity contribution >= 4 is 5.78 Å². The summed E-state index contributed by atoms with van der Waals surface area (Å²) in [7, 11) is 0. The van der Waals surface area contributed by atoms with Gasteiger partial charge >= 0.3 is 0 Å². The zero-order valence-corrected chi connectivity index (χ0v) is 9.59. The van der Waals surface area contributed by atoms with E-state index >= 15 is 0 Å². The molecular weight excluding hydrogens is 202 g/mol. The lowest BCUT2D eigenvalue weighted by molar-refractivity contribution is -0.126. The van der Waals surface area contributed by atoms with Crippen LogP contribution >= 0.6 is 0 Å².